The lowest BCUT2D eigenvalue weighted by Crippen LogP contribution is -2.14. The van der Waals surface area contributed by atoms with E-state index in [1.807, 2.05) is 32.0 Å². The lowest BCUT2D eigenvalue weighted by molar-refractivity contribution is 0.540. The Kier molecular flexibility index (Phi) is 4.78. The van der Waals surface area contributed by atoms with Gasteiger partial charge < -0.3 is 9.40 Å². The molecule has 0 aliphatic heterocycles. The molecule has 0 fully saturated rings. The number of aromatic nitrogens is 3. The van der Waals surface area contributed by atoms with E-state index in [9.17, 15) is 4.79 Å². The molecule has 0 saturated carbocycles. The molecular formula is C17H16ClN3O2S. The molecule has 2 heterocycles. The van der Waals surface area contributed by atoms with Crippen LogP contribution in [-0.2, 0) is 5.75 Å². The molecule has 0 spiro atoms. The average molecular weight is 362 g/mol. The molecule has 7 heteroatoms. The molecule has 3 rings (SSSR count). The Labute approximate surface area is 148 Å². The van der Waals surface area contributed by atoms with Crippen LogP contribution in [0.5, 0.6) is 0 Å². The molecule has 124 valence electrons. The smallest absolute Gasteiger partial charge is 0.254 e. The predicted molar refractivity (Wildman–Crippen MR) is 95.6 cm³/mol. The van der Waals surface area contributed by atoms with Gasteiger partial charge in [0, 0.05) is 27.6 Å². The molecule has 3 aromatic rings. The molecular weight excluding hydrogens is 346 g/mol. The van der Waals surface area contributed by atoms with Crippen molar-refractivity contribution >= 4 is 23.4 Å². The standard InChI is InChI=1S/C17H16ClN3O2S/c1-9-10(2)19-17(21-15(9)22)24-8-14-11(3)23-16(20-14)12-5-4-6-13(18)7-12/h4-7H,8H2,1-3H3,(H,19,21,22). The fourth-order valence-corrected chi connectivity index (χ4v) is 3.23. The zero-order chi connectivity index (χ0) is 17.3. The summed E-state index contributed by atoms with van der Waals surface area (Å²) >= 11 is 7.43. The van der Waals surface area contributed by atoms with Gasteiger partial charge in [-0.15, -0.1) is 0 Å². The molecule has 1 aromatic carbocycles. The number of H-pyrrole nitrogens is 1. The molecule has 5 nitrogen and oxygen atoms in total. The molecule has 0 aliphatic rings. The topological polar surface area (TPSA) is 71.8 Å². The fraction of sp³-hybridized carbons (Fsp3) is 0.235. The molecule has 0 saturated heterocycles. The summed E-state index contributed by atoms with van der Waals surface area (Å²) in [5, 5.41) is 1.21. The van der Waals surface area contributed by atoms with Crippen LogP contribution in [0.3, 0.4) is 0 Å². The predicted octanol–water partition coefficient (Wildman–Crippen LogP) is 4.30. The number of rotatable bonds is 4. The van der Waals surface area contributed by atoms with Gasteiger partial charge in [-0.25, -0.2) is 9.97 Å². The number of aromatic amines is 1. The van der Waals surface area contributed by atoms with Crippen molar-refractivity contribution in [1.29, 1.82) is 0 Å². The van der Waals surface area contributed by atoms with Crippen LogP contribution in [0.25, 0.3) is 11.5 Å². The van der Waals surface area contributed by atoms with Crippen molar-refractivity contribution in [2.24, 2.45) is 0 Å². The van der Waals surface area contributed by atoms with E-state index < -0.39 is 0 Å². The number of hydrogen-bond acceptors (Lipinski definition) is 5. The highest BCUT2D eigenvalue weighted by molar-refractivity contribution is 7.98. The summed E-state index contributed by atoms with van der Waals surface area (Å²) < 4.78 is 5.74. The molecule has 1 N–H and O–H groups in total. The minimum absolute atomic E-state index is 0.110. The van der Waals surface area contributed by atoms with Crippen LogP contribution in [-0.4, -0.2) is 15.0 Å². The van der Waals surface area contributed by atoms with E-state index in [4.69, 9.17) is 16.0 Å². The summed E-state index contributed by atoms with van der Waals surface area (Å²) in [4.78, 5) is 23.5. The summed E-state index contributed by atoms with van der Waals surface area (Å²) in [5.41, 5.74) is 2.91. The molecule has 0 radical (unpaired) electrons. The third kappa shape index (κ3) is 3.55. The maximum absolute atomic E-state index is 11.8. The first-order valence-electron chi connectivity index (χ1n) is 7.36. The number of oxazole rings is 1. The number of halogens is 1. The molecule has 0 bridgehead atoms. The Morgan fingerprint density at radius 3 is 2.75 bits per heavy atom. The van der Waals surface area contributed by atoms with E-state index in [0.717, 1.165) is 22.7 Å². The lowest BCUT2D eigenvalue weighted by atomic mass is 10.2. The number of hydrogen-bond donors (Lipinski definition) is 1. The summed E-state index contributed by atoms with van der Waals surface area (Å²) in [6, 6.07) is 7.37. The van der Waals surface area contributed by atoms with Gasteiger partial charge in [0.15, 0.2) is 5.16 Å². The van der Waals surface area contributed by atoms with Gasteiger partial charge in [-0.05, 0) is 39.0 Å². The quantitative estimate of drug-likeness (QED) is 0.554. The highest BCUT2D eigenvalue weighted by Crippen LogP contribution is 2.27. The molecule has 0 atom stereocenters. The van der Waals surface area contributed by atoms with Crippen LogP contribution >= 0.6 is 23.4 Å². The van der Waals surface area contributed by atoms with Crippen molar-refractivity contribution < 1.29 is 4.42 Å². The minimum atomic E-state index is -0.110. The minimum Gasteiger partial charge on any atom is -0.441 e. The van der Waals surface area contributed by atoms with E-state index >= 15 is 0 Å². The Bertz CT molecular complexity index is 949. The average Bonchev–Trinajstić information content (AvgIpc) is 2.91. The second-order valence-electron chi connectivity index (χ2n) is 5.40. The van der Waals surface area contributed by atoms with E-state index in [2.05, 4.69) is 15.0 Å². The van der Waals surface area contributed by atoms with Crippen molar-refractivity contribution in [2.45, 2.75) is 31.7 Å². The van der Waals surface area contributed by atoms with Crippen LogP contribution < -0.4 is 5.56 Å². The highest BCUT2D eigenvalue weighted by Gasteiger charge is 2.13. The van der Waals surface area contributed by atoms with Gasteiger partial charge in [-0.2, -0.15) is 0 Å². The van der Waals surface area contributed by atoms with Crippen molar-refractivity contribution in [3.05, 3.63) is 62.4 Å². The summed E-state index contributed by atoms with van der Waals surface area (Å²) in [6.07, 6.45) is 0. The van der Waals surface area contributed by atoms with Gasteiger partial charge in [0.05, 0.1) is 5.69 Å². The van der Waals surface area contributed by atoms with Crippen molar-refractivity contribution in [3.63, 3.8) is 0 Å². The summed E-state index contributed by atoms with van der Waals surface area (Å²) in [7, 11) is 0. The largest absolute Gasteiger partial charge is 0.441 e. The van der Waals surface area contributed by atoms with Gasteiger partial charge in [0.1, 0.15) is 5.76 Å². The van der Waals surface area contributed by atoms with Crippen LogP contribution in [0, 0.1) is 20.8 Å². The molecule has 0 unspecified atom stereocenters. The van der Waals surface area contributed by atoms with Gasteiger partial charge in [0.2, 0.25) is 5.89 Å². The second-order valence-corrected chi connectivity index (χ2v) is 6.80. The Balaban J connectivity index is 1.80. The van der Waals surface area contributed by atoms with Crippen molar-refractivity contribution in [1.82, 2.24) is 15.0 Å². The van der Waals surface area contributed by atoms with Crippen LogP contribution in [0.15, 0.2) is 38.6 Å². The SMILES string of the molecule is Cc1nc(SCc2nc(-c3cccc(Cl)c3)oc2C)[nH]c(=O)c1C. The molecule has 0 amide bonds. The number of nitrogens with one attached hydrogen (secondary N) is 1. The zero-order valence-electron chi connectivity index (χ0n) is 13.5. The number of nitrogens with zero attached hydrogens (tertiary/aromatic N) is 2. The van der Waals surface area contributed by atoms with Crippen LogP contribution in [0.1, 0.15) is 22.7 Å². The van der Waals surface area contributed by atoms with Gasteiger partial charge in [-0.3, -0.25) is 4.79 Å². The van der Waals surface area contributed by atoms with Gasteiger partial charge in [0.25, 0.3) is 5.56 Å². The van der Waals surface area contributed by atoms with Crippen molar-refractivity contribution in [3.8, 4) is 11.5 Å². The molecule has 24 heavy (non-hydrogen) atoms. The Hall–Kier alpha value is -2.05. The van der Waals surface area contributed by atoms with Gasteiger partial charge in [-0.1, -0.05) is 29.4 Å². The third-order valence-electron chi connectivity index (χ3n) is 3.68. The highest BCUT2D eigenvalue weighted by atomic mass is 35.5. The number of benzene rings is 1. The van der Waals surface area contributed by atoms with E-state index in [-0.39, 0.29) is 5.56 Å². The first-order chi connectivity index (χ1) is 11.4. The molecule has 0 aliphatic carbocycles. The van der Waals surface area contributed by atoms with Gasteiger partial charge >= 0.3 is 0 Å². The maximum Gasteiger partial charge on any atom is 0.254 e. The summed E-state index contributed by atoms with van der Waals surface area (Å²) in [6.45, 7) is 5.45. The second kappa shape index (κ2) is 6.83. The van der Waals surface area contributed by atoms with E-state index in [1.165, 1.54) is 11.8 Å². The third-order valence-corrected chi connectivity index (χ3v) is 4.80. The van der Waals surface area contributed by atoms with Crippen LogP contribution in [0.4, 0.5) is 0 Å². The fourth-order valence-electron chi connectivity index (χ4n) is 2.13. The monoisotopic (exact) mass is 361 g/mol. The first-order valence-corrected chi connectivity index (χ1v) is 8.73. The van der Waals surface area contributed by atoms with Crippen molar-refractivity contribution in [2.75, 3.05) is 0 Å². The number of thioether (sulfide) groups is 1. The maximum atomic E-state index is 11.8. The summed E-state index contributed by atoms with van der Waals surface area (Å²) in [5.74, 6) is 1.83. The Morgan fingerprint density at radius 1 is 1.25 bits per heavy atom. The van der Waals surface area contributed by atoms with Crippen LogP contribution in [0.2, 0.25) is 5.02 Å². The lowest BCUT2D eigenvalue weighted by Gasteiger charge is -2.02. The first kappa shape index (κ1) is 16.8. The Morgan fingerprint density at radius 2 is 2.04 bits per heavy atom. The normalized spacial score (nSPS) is 11.0. The molecule has 2 aromatic heterocycles. The van der Waals surface area contributed by atoms with E-state index in [0.29, 0.717) is 27.4 Å². The number of aryl methyl sites for hydroxylation is 2. The van der Waals surface area contributed by atoms with E-state index in [1.54, 1.807) is 13.0 Å². The zero-order valence-corrected chi connectivity index (χ0v) is 15.1.